The molecule has 2 aromatic carbocycles. The molecule has 0 saturated carbocycles. The summed E-state index contributed by atoms with van der Waals surface area (Å²) < 4.78 is 10.4. The van der Waals surface area contributed by atoms with Gasteiger partial charge in [-0.05, 0) is 30.3 Å². The Kier molecular flexibility index (Phi) is 6.21. The zero-order valence-corrected chi connectivity index (χ0v) is 15.7. The molecule has 0 spiro atoms. The fourth-order valence-corrected chi connectivity index (χ4v) is 3.13. The molecule has 128 valence electrons. The highest BCUT2D eigenvalue weighted by Crippen LogP contribution is 2.34. The van der Waals surface area contributed by atoms with Gasteiger partial charge in [0, 0.05) is 29.7 Å². The zero-order valence-electron chi connectivity index (χ0n) is 13.4. The predicted octanol–water partition coefficient (Wildman–Crippen LogP) is 4.94. The van der Waals surface area contributed by atoms with Crippen LogP contribution in [0.2, 0.25) is 15.1 Å². The van der Waals surface area contributed by atoms with E-state index in [4.69, 9.17) is 44.3 Å². The van der Waals surface area contributed by atoms with E-state index in [1.54, 1.807) is 32.4 Å². The highest BCUT2D eigenvalue weighted by molar-refractivity contribution is 6.37. The van der Waals surface area contributed by atoms with Crippen molar-refractivity contribution in [2.75, 3.05) is 21.3 Å². The number of hydrogen-bond donors (Lipinski definition) is 0. The lowest BCUT2D eigenvalue weighted by molar-refractivity contribution is 0.0784. The number of carbonyl (C=O) groups excluding carboxylic acids is 1. The minimum Gasteiger partial charge on any atom is -0.496 e. The van der Waals surface area contributed by atoms with E-state index in [1.807, 2.05) is 0 Å². The second kappa shape index (κ2) is 7.97. The highest BCUT2D eigenvalue weighted by atomic mass is 35.5. The second-order valence-electron chi connectivity index (χ2n) is 5.09. The first kappa shape index (κ1) is 18.7. The van der Waals surface area contributed by atoms with Gasteiger partial charge in [-0.2, -0.15) is 0 Å². The van der Waals surface area contributed by atoms with Crippen molar-refractivity contribution in [3.05, 3.63) is 56.5 Å². The van der Waals surface area contributed by atoms with Gasteiger partial charge in [0.15, 0.2) is 5.75 Å². The predicted molar refractivity (Wildman–Crippen MR) is 96.8 cm³/mol. The number of benzene rings is 2. The lowest BCUT2D eigenvalue weighted by Crippen LogP contribution is -2.26. The third-order valence-corrected chi connectivity index (χ3v) is 4.24. The summed E-state index contributed by atoms with van der Waals surface area (Å²) in [4.78, 5) is 14.2. The number of halogens is 3. The number of amides is 1. The summed E-state index contributed by atoms with van der Waals surface area (Å²) in [7, 11) is 4.71. The normalized spacial score (nSPS) is 10.4. The van der Waals surface area contributed by atoms with Crippen LogP contribution < -0.4 is 9.47 Å². The lowest BCUT2D eigenvalue weighted by Gasteiger charge is -2.20. The van der Waals surface area contributed by atoms with Crippen molar-refractivity contribution in [3.63, 3.8) is 0 Å². The van der Waals surface area contributed by atoms with Crippen LogP contribution in [0.1, 0.15) is 15.9 Å². The van der Waals surface area contributed by atoms with Gasteiger partial charge in [0.25, 0.3) is 5.91 Å². The molecule has 1 amide bonds. The van der Waals surface area contributed by atoms with Crippen LogP contribution in [0.3, 0.4) is 0 Å². The topological polar surface area (TPSA) is 38.8 Å². The van der Waals surface area contributed by atoms with Crippen LogP contribution in [0.25, 0.3) is 0 Å². The van der Waals surface area contributed by atoms with Crippen molar-refractivity contribution in [1.29, 1.82) is 0 Å². The van der Waals surface area contributed by atoms with Crippen LogP contribution in [0.15, 0.2) is 30.3 Å². The van der Waals surface area contributed by atoms with Gasteiger partial charge in [-0.1, -0.05) is 34.8 Å². The van der Waals surface area contributed by atoms with Gasteiger partial charge in [0.05, 0.1) is 24.3 Å². The maximum absolute atomic E-state index is 12.6. The minimum atomic E-state index is -0.233. The molecule has 0 radical (unpaired) electrons. The quantitative estimate of drug-likeness (QED) is 0.728. The smallest absolute Gasteiger partial charge is 0.254 e. The number of rotatable bonds is 5. The molecule has 0 bridgehead atoms. The van der Waals surface area contributed by atoms with Crippen molar-refractivity contribution >= 4 is 40.7 Å². The number of hydrogen-bond acceptors (Lipinski definition) is 3. The van der Waals surface area contributed by atoms with Crippen molar-refractivity contribution in [2.45, 2.75) is 6.54 Å². The van der Waals surface area contributed by atoms with Gasteiger partial charge in [-0.25, -0.2) is 0 Å². The summed E-state index contributed by atoms with van der Waals surface area (Å²) in [5.74, 6) is 0.766. The van der Waals surface area contributed by atoms with E-state index >= 15 is 0 Å². The highest BCUT2D eigenvalue weighted by Gasteiger charge is 2.18. The molecular weight excluding hydrogens is 373 g/mol. The van der Waals surface area contributed by atoms with Gasteiger partial charge < -0.3 is 14.4 Å². The van der Waals surface area contributed by atoms with Crippen LogP contribution in [-0.4, -0.2) is 32.1 Å². The molecule has 0 heterocycles. The van der Waals surface area contributed by atoms with Gasteiger partial charge in [-0.15, -0.1) is 0 Å². The molecule has 24 heavy (non-hydrogen) atoms. The fourth-order valence-electron chi connectivity index (χ4n) is 2.30. The fraction of sp³-hybridized carbons (Fsp3) is 0.235. The number of ether oxygens (including phenoxy) is 2. The van der Waals surface area contributed by atoms with Crippen molar-refractivity contribution in [2.24, 2.45) is 0 Å². The molecule has 0 atom stereocenters. The third-order valence-electron chi connectivity index (χ3n) is 3.45. The molecule has 0 aromatic heterocycles. The Labute approximate surface area is 155 Å². The summed E-state index contributed by atoms with van der Waals surface area (Å²) in [6.45, 7) is 0.323. The Morgan fingerprint density at radius 1 is 1.04 bits per heavy atom. The molecule has 0 aliphatic heterocycles. The number of nitrogens with zero attached hydrogens (tertiary/aromatic N) is 1. The van der Waals surface area contributed by atoms with Gasteiger partial charge in [-0.3, -0.25) is 4.79 Å². The van der Waals surface area contributed by atoms with Crippen molar-refractivity contribution in [3.8, 4) is 11.5 Å². The molecular formula is C17H16Cl3NO3. The van der Waals surface area contributed by atoms with Crippen LogP contribution in [-0.2, 0) is 6.54 Å². The van der Waals surface area contributed by atoms with E-state index in [0.717, 1.165) is 5.56 Å². The molecule has 0 unspecified atom stereocenters. The van der Waals surface area contributed by atoms with E-state index in [9.17, 15) is 4.79 Å². The first-order valence-corrected chi connectivity index (χ1v) is 8.11. The average molecular weight is 389 g/mol. The SMILES string of the molecule is COc1ccc(Cl)cc1CN(C)C(=O)c1cc(Cl)c(OC)c(Cl)c1. The molecule has 4 nitrogen and oxygen atoms in total. The summed E-state index contributed by atoms with van der Waals surface area (Å²) in [6.07, 6.45) is 0. The van der Waals surface area contributed by atoms with E-state index < -0.39 is 0 Å². The van der Waals surface area contributed by atoms with Gasteiger partial charge >= 0.3 is 0 Å². The van der Waals surface area contributed by atoms with Crippen LogP contribution >= 0.6 is 34.8 Å². The number of methoxy groups -OCH3 is 2. The molecule has 0 fully saturated rings. The maximum atomic E-state index is 12.6. The molecule has 0 aliphatic carbocycles. The Bertz CT molecular complexity index is 742. The maximum Gasteiger partial charge on any atom is 0.254 e. The van der Waals surface area contributed by atoms with E-state index in [-0.39, 0.29) is 16.0 Å². The largest absolute Gasteiger partial charge is 0.496 e. The van der Waals surface area contributed by atoms with Crippen molar-refractivity contribution in [1.82, 2.24) is 4.90 Å². The average Bonchev–Trinajstić information content (AvgIpc) is 2.54. The molecule has 2 aromatic rings. The summed E-state index contributed by atoms with van der Waals surface area (Å²) in [5, 5.41) is 1.13. The Balaban J connectivity index is 2.26. The Hall–Kier alpha value is -1.62. The summed E-state index contributed by atoms with van der Waals surface area (Å²) in [6, 6.07) is 8.31. The van der Waals surface area contributed by atoms with Crippen LogP contribution in [0.4, 0.5) is 0 Å². The second-order valence-corrected chi connectivity index (χ2v) is 6.34. The lowest BCUT2D eigenvalue weighted by atomic mass is 10.1. The first-order valence-electron chi connectivity index (χ1n) is 6.98. The summed E-state index contributed by atoms with van der Waals surface area (Å²) >= 11 is 18.2. The zero-order chi connectivity index (χ0) is 17.9. The monoisotopic (exact) mass is 387 g/mol. The molecule has 2 rings (SSSR count). The van der Waals surface area contributed by atoms with Gasteiger partial charge in [0.1, 0.15) is 5.75 Å². The van der Waals surface area contributed by atoms with Crippen LogP contribution in [0, 0.1) is 0 Å². The van der Waals surface area contributed by atoms with Crippen molar-refractivity contribution < 1.29 is 14.3 Å². The Morgan fingerprint density at radius 3 is 2.21 bits per heavy atom. The molecule has 7 heteroatoms. The minimum absolute atomic E-state index is 0.233. The summed E-state index contributed by atoms with van der Waals surface area (Å²) in [5.41, 5.74) is 1.17. The van der Waals surface area contributed by atoms with Gasteiger partial charge in [0.2, 0.25) is 0 Å². The third kappa shape index (κ3) is 4.07. The standard InChI is InChI=1S/C17H16Cl3NO3/c1-21(9-11-6-12(18)4-5-15(11)23-2)17(22)10-7-13(19)16(24-3)14(20)8-10/h4-8H,9H2,1-3H3. The van der Waals surface area contributed by atoms with E-state index in [0.29, 0.717) is 28.6 Å². The van der Waals surface area contributed by atoms with E-state index in [2.05, 4.69) is 0 Å². The first-order chi connectivity index (χ1) is 11.4. The molecule has 0 aliphatic rings. The molecule has 0 saturated heterocycles. The van der Waals surface area contributed by atoms with E-state index in [1.165, 1.54) is 24.1 Å². The molecule has 0 N–H and O–H groups in total. The van der Waals surface area contributed by atoms with Crippen LogP contribution in [0.5, 0.6) is 11.5 Å². The number of carbonyl (C=O) groups is 1. The Morgan fingerprint density at radius 2 is 1.67 bits per heavy atom.